The van der Waals surface area contributed by atoms with Crippen LogP contribution in [0, 0.1) is 0 Å². The van der Waals surface area contributed by atoms with Crippen LogP contribution in [0.15, 0.2) is 58.8 Å². The van der Waals surface area contributed by atoms with E-state index < -0.39 is 5.92 Å². The molecule has 0 atom stereocenters. The number of hydrogen-bond acceptors (Lipinski definition) is 7. The molecule has 2 aromatic carbocycles. The Morgan fingerprint density at radius 3 is 2.39 bits per heavy atom. The maximum absolute atomic E-state index is 13.2. The molecule has 0 amide bonds. The molecule has 0 aromatic heterocycles. The Bertz CT molecular complexity index is 846. The molecule has 0 radical (unpaired) electrons. The fourth-order valence-electron chi connectivity index (χ4n) is 2.39. The lowest BCUT2D eigenvalue weighted by molar-refractivity contribution is 0.0174. The molecule has 0 aliphatic carbocycles. The number of ether oxygens (including phenoxy) is 1. The third kappa shape index (κ3) is 5.40. The second kappa shape index (κ2) is 8.66. The summed E-state index contributed by atoms with van der Waals surface area (Å²) in [7, 11) is 0. The van der Waals surface area contributed by atoms with Crippen molar-refractivity contribution in [3.05, 3.63) is 65.2 Å². The molecule has 148 valence electrons. The van der Waals surface area contributed by atoms with Gasteiger partial charge in [0, 0.05) is 12.5 Å². The van der Waals surface area contributed by atoms with E-state index in [1.165, 1.54) is 12.1 Å². The number of alkyl halides is 2. The fraction of sp³-hybridized carbons (Fsp3) is 0.263. The number of nitrogens with one attached hydrogen (secondary N) is 3. The van der Waals surface area contributed by atoms with Crippen LogP contribution >= 0.6 is 0 Å². The van der Waals surface area contributed by atoms with Crippen molar-refractivity contribution in [1.29, 1.82) is 0 Å². The molecule has 1 aliphatic rings. The first-order chi connectivity index (χ1) is 13.4. The third-order valence-electron chi connectivity index (χ3n) is 3.99. The highest BCUT2D eigenvalue weighted by molar-refractivity contribution is 5.98. The molecule has 0 saturated carbocycles. The maximum Gasteiger partial charge on any atom is 0.270 e. The first-order valence-electron chi connectivity index (χ1n) is 8.61. The van der Waals surface area contributed by atoms with Gasteiger partial charge in [0.15, 0.2) is 5.84 Å². The summed E-state index contributed by atoms with van der Waals surface area (Å²) < 4.78 is 32.0. The number of oxime groups is 1. The largest absolute Gasteiger partial charge is 0.486 e. The molecule has 0 bridgehead atoms. The fourth-order valence-corrected chi connectivity index (χ4v) is 2.39. The van der Waals surface area contributed by atoms with Crippen molar-refractivity contribution in [1.82, 2.24) is 16.5 Å². The van der Waals surface area contributed by atoms with Gasteiger partial charge < -0.3 is 9.57 Å². The molecule has 0 spiro atoms. The third-order valence-corrected chi connectivity index (χ3v) is 3.99. The van der Waals surface area contributed by atoms with Crippen LogP contribution in [0.2, 0.25) is 0 Å². The van der Waals surface area contributed by atoms with Crippen LogP contribution in [-0.2, 0) is 17.4 Å². The molecule has 2 aromatic rings. The number of nitrogens with zero attached hydrogens (tertiary/aromatic N) is 2. The van der Waals surface area contributed by atoms with Gasteiger partial charge >= 0.3 is 0 Å². The zero-order valence-electron chi connectivity index (χ0n) is 15.5. The van der Waals surface area contributed by atoms with Gasteiger partial charge in [-0.2, -0.15) is 0 Å². The van der Waals surface area contributed by atoms with Gasteiger partial charge in [-0.25, -0.2) is 14.3 Å². The summed E-state index contributed by atoms with van der Waals surface area (Å²) in [6, 6.07) is 13.4. The number of benzene rings is 2. The number of hydrazone groups is 1. The molecule has 0 unspecified atom stereocenters. The molecular weight excluding hydrogens is 368 g/mol. The lowest BCUT2D eigenvalue weighted by atomic mass is 10.1. The lowest BCUT2D eigenvalue weighted by Crippen LogP contribution is -2.37. The van der Waals surface area contributed by atoms with Gasteiger partial charge in [-0.05, 0) is 42.3 Å². The average Bonchev–Trinajstić information content (AvgIpc) is 3.20. The molecule has 1 heterocycles. The second-order valence-electron chi connectivity index (χ2n) is 6.27. The van der Waals surface area contributed by atoms with E-state index in [1.807, 2.05) is 31.2 Å². The minimum absolute atomic E-state index is 0.0263. The van der Waals surface area contributed by atoms with Crippen LogP contribution in [0.1, 0.15) is 30.5 Å². The van der Waals surface area contributed by atoms with E-state index in [0.717, 1.165) is 18.1 Å². The van der Waals surface area contributed by atoms with Gasteiger partial charge in [0.1, 0.15) is 19.0 Å². The normalized spacial score (nSPS) is 14.1. The summed E-state index contributed by atoms with van der Waals surface area (Å²) in [5, 5.41) is 8.00. The summed E-state index contributed by atoms with van der Waals surface area (Å²) >= 11 is 0. The van der Waals surface area contributed by atoms with Crippen LogP contribution in [0.25, 0.3) is 0 Å². The predicted octanol–water partition coefficient (Wildman–Crippen LogP) is 3.04. The summed E-state index contributed by atoms with van der Waals surface area (Å²) in [6.45, 7) is 3.20. The number of halogens is 2. The zero-order valence-corrected chi connectivity index (χ0v) is 15.5. The molecule has 0 fully saturated rings. The van der Waals surface area contributed by atoms with Crippen molar-refractivity contribution in [2.45, 2.75) is 26.4 Å². The molecule has 28 heavy (non-hydrogen) atoms. The Morgan fingerprint density at radius 1 is 1.07 bits per heavy atom. The molecule has 9 heteroatoms. The van der Waals surface area contributed by atoms with Gasteiger partial charge in [-0.1, -0.05) is 29.4 Å². The van der Waals surface area contributed by atoms with Gasteiger partial charge in [0.2, 0.25) is 0 Å². The topological polar surface area (TPSA) is 79.3 Å². The highest BCUT2D eigenvalue weighted by atomic mass is 19.3. The lowest BCUT2D eigenvalue weighted by Gasteiger charge is -2.10. The van der Waals surface area contributed by atoms with Gasteiger partial charge in [-0.3, -0.25) is 5.43 Å². The smallest absolute Gasteiger partial charge is 0.270 e. The van der Waals surface area contributed by atoms with Crippen molar-refractivity contribution in [2.24, 2.45) is 10.3 Å². The van der Waals surface area contributed by atoms with E-state index in [1.54, 1.807) is 12.1 Å². The van der Waals surface area contributed by atoms with Crippen LogP contribution in [0.4, 0.5) is 8.78 Å². The molecule has 7 nitrogen and oxygen atoms in total. The average molecular weight is 389 g/mol. The highest BCUT2D eigenvalue weighted by Crippen LogP contribution is 2.26. The zero-order chi connectivity index (χ0) is 20.0. The Hall–Kier alpha value is -3.20. The molecule has 0 saturated heterocycles. The predicted molar refractivity (Wildman–Crippen MR) is 102 cm³/mol. The molecule has 3 N–H and O–H groups in total. The van der Waals surface area contributed by atoms with Gasteiger partial charge in [-0.15, -0.1) is 10.6 Å². The summed E-state index contributed by atoms with van der Waals surface area (Å²) in [5.74, 6) is -1.51. The number of amidine groups is 1. The maximum atomic E-state index is 13.2. The first-order valence-corrected chi connectivity index (χ1v) is 8.61. The molecule has 1 aliphatic heterocycles. The Balaban J connectivity index is 1.50. The van der Waals surface area contributed by atoms with Crippen LogP contribution in [0.3, 0.4) is 0 Å². The van der Waals surface area contributed by atoms with E-state index >= 15 is 0 Å². The summed E-state index contributed by atoms with van der Waals surface area (Å²) in [5.41, 5.74) is 10.3. The van der Waals surface area contributed by atoms with E-state index in [-0.39, 0.29) is 12.2 Å². The van der Waals surface area contributed by atoms with Crippen molar-refractivity contribution in [2.75, 3.05) is 6.61 Å². The summed E-state index contributed by atoms with van der Waals surface area (Å²) in [6.07, 6.45) is 0. The minimum atomic E-state index is -2.85. The monoisotopic (exact) mass is 389 g/mol. The number of hydrogen-bond donors (Lipinski definition) is 3. The van der Waals surface area contributed by atoms with E-state index in [9.17, 15) is 8.78 Å². The quantitative estimate of drug-likeness (QED) is 0.478. The SMILES string of the molecule is C/C(=N\OCc1ccc(C(C)(F)F)cc1)c1ccc(OCC2=NNNN2)cc1. The standard InChI is InChI=1S/C19H21F2N5O2/c1-13(24-28-11-14-3-7-16(8-4-14)19(2,20)21)15-5-9-17(10-6-15)27-12-18-22-25-26-23-18/h3-10,25-26H,11-12H2,1-2H3,(H,22,23)/b24-13+. The van der Waals surface area contributed by atoms with Crippen molar-refractivity contribution >= 4 is 11.5 Å². The van der Waals surface area contributed by atoms with E-state index in [4.69, 9.17) is 9.57 Å². The van der Waals surface area contributed by atoms with E-state index in [2.05, 4.69) is 26.8 Å². The Labute approximate surface area is 161 Å². The minimum Gasteiger partial charge on any atom is -0.486 e. The van der Waals surface area contributed by atoms with Crippen molar-refractivity contribution in [3.63, 3.8) is 0 Å². The number of hydrazine groups is 2. The van der Waals surface area contributed by atoms with Crippen LogP contribution < -0.4 is 21.2 Å². The summed E-state index contributed by atoms with van der Waals surface area (Å²) in [4.78, 5) is 5.34. The van der Waals surface area contributed by atoms with Crippen LogP contribution in [-0.4, -0.2) is 18.2 Å². The Kier molecular flexibility index (Phi) is 6.05. The van der Waals surface area contributed by atoms with Crippen LogP contribution in [0.5, 0.6) is 5.75 Å². The first kappa shape index (κ1) is 19.6. The molecule has 3 rings (SSSR count). The van der Waals surface area contributed by atoms with Gasteiger partial charge in [0.25, 0.3) is 5.92 Å². The van der Waals surface area contributed by atoms with Crippen molar-refractivity contribution in [3.8, 4) is 5.75 Å². The van der Waals surface area contributed by atoms with E-state index in [0.29, 0.717) is 23.9 Å². The van der Waals surface area contributed by atoms with Gasteiger partial charge in [0.05, 0.1) is 5.71 Å². The highest BCUT2D eigenvalue weighted by Gasteiger charge is 2.23. The number of rotatable bonds is 8. The Morgan fingerprint density at radius 2 is 1.79 bits per heavy atom. The molecular formula is C19H21F2N5O2. The second-order valence-corrected chi connectivity index (χ2v) is 6.27. The van der Waals surface area contributed by atoms with Crippen molar-refractivity contribution < 1.29 is 18.4 Å².